The third-order valence-corrected chi connectivity index (χ3v) is 4.78. The van der Waals surface area contributed by atoms with Gasteiger partial charge in [-0.3, -0.25) is 0 Å². The molecule has 0 saturated carbocycles. The highest BCUT2D eigenvalue weighted by molar-refractivity contribution is 5.93. The predicted molar refractivity (Wildman–Crippen MR) is 110 cm³/mol. The van der Waals surface area contributed by atoms with Crippen molar-refractivity contribution in [1.29, 1.82) is 0 Å². The molecule has 0 aliphatic heterocycles. The topological polar surface area (TPSA) is 29.9 Å². The van der Waals surface area contributed by atoms with E-state index in [2.05, 4.69) is 72.9 Å². The van der Waals surface area contributed by atoms with Crippen molar-refractivity contribution < 1.29 is 0 Å². The summed E-state index contributed by atoms with van der Waals surface area (Å²) in [5.41, 5.74) is 5.22. The number of hydrogen-bond acceptors (Lipinski definition) is 2. The number of pyridine rings is 1. The first-order chi connectivity index (χ1) is 11.6. The molecular formula is C21H28ClN3. The van der Waals surface area contributed by atoms with Crippen LogP contribution in [0.1, 0.15) is 37.1 Å². The minimum atomic E-state index is 0. The average Bonchev–Trinajstić information content (AvgIpc) is 2.84. The maximum atomic E-state index is 4.63. The molecule has 0 fully saturated rings. The normalized spacial score (nSPS) is 10.9. The Kier molecular flexibility index (Phi) is 6.49. The molecule has 0 bridgehead atoms. The summed E-state index contributed by atoms with van der Waals surface area (Å²) in [5.74, 6) is 1.68. The van der Waals surface area contributed by atoms with Gasteiger partial charge in [-0.15, -0.1) is 12.4 Å². The lowest BCUT2D eigenvalue weighted by Crippen LogP contribution is -2.07. The van der Waals surface area contributed by atoms with Gasteiger partial charge in [0.25, 0.3) is 0 Å². The molecule has 134 valence electrons. The molecule has 0 atom stereocenters. The van der Waals surface area contributed by atoms with Gasteiger partial charge in [0.15, 0.2) is 5.82 Å². The van der Waals surface area contributed by atoms with Gasteiger partial charge in [-0.05, 0) is 43.4 Å². The lowest BCUT2D eigenvalue weighted by atomic mass is 10.1. The van der Waals surface area contributed by atoms with Crippen LogP contribution in [0.3, 0.4) is 0 Å². The summed E-state index contributed by atoms with van der Waals surface area (Å²) in [6, 6.07) is 12.6. The van der Waals surface area contributed by atoms with Gasteiger partial charge in [0.05, 0.1) is 5.52 Å². The molecule has 0 amide bonds. The van der Waals surface area contributed by atoms with Crippen molar-refractivity contribution in [3.63, 3.8) is 0 Å². The molecule has 4 heteroatoms. The summed E-state index contributed by atoms with van der Waals surface area (Å²) in [7, 11) is 0. The molecule has 0 unspecified atom stereocenters. The fourth-order valence-corrected chi connectivity index (χ4v) is 3.17. The van der Waals surface area contributed by atoms with Crippen LogP contribution >= 0.6 is 12.4 Å². The second-order valence-electron chi connectivity index (χ2n) is 6.94. The third-order valence-electron chi connectivity index (χ3n) is 4.78. The quantitative estimate of drug-likeness (QED) is 0.610. The van der Waals surface area contributed by atoms with Gasteiger partial charge in [0.2, 0.25) is 0 Å². The van der Waals surface area contributed by atoms with Crippen molar-refractivity contribution in [2.75, 3.05) is 5.32 Å². The summed E-state index contributed by atoms with van der Waals surface area (Å²) >= 11 is 0. The molecule has 3 nitrogen and oxygen atoms in total. The number of benzene rings is 1. The SMILES string of the molecule is Cc1c(C)n(CCC(C)C)c2c(NCc3ccccc3)nccc12.Cl. The number of aryl methyl sites for hydroxylation is 2. The van der Waals surface area contributed by atoms with E-state index < -0.39 is 0 Å². The van der Waals surface area contributed by atoms with Gasteiger partial charge in [-0.1, -0.05) is 44.2 Å². The van der Waals surface area contributed by atoms with Crippen LogP contribution in [0.25, 0.3) is 10.9 Å². The highest BCUT2D eigenvalue weighted by atomic mass is 35.5. The van der Waals surface area contributed by atoms with Crippen molar-refractivity contribution in [2.24, 2.45) is 5.92 Å². The van der Waals surface area contributed by atoms with E-state index in [0.29, 0.717) is 5.92 Å². The summed E-state index contributed by atoms with van der Waals surface area (Å²) in [4.78, 5) is 4.63. The van der Waals surface area contributed by atoms with Crippen LogP contribution in [0.2, 0.25) is 0 Å². The maximum Gasteiger partial charge on any atom is 0.150 e. The van der Waals surface area contributed by atoms with Gasteiger partial charge in [0.1, 0.15) is 0 Å². The van der Waals surface area contributed by atoms with Gasteiger partial charge < -0.3 is 9.88 Å². The smallest absolute Gasteiger partial charge is 0.150 e. The Labute approximate surface area is 156 Å². The Balaban J connectivity index is 0.00000225. The van der Waals surface area contributed by atoms with Crippen LogP contribution < -0.4 is 5.32 Å². The first-order valence-corrected chi connectivity index (χ1v) is 8.80. The fraction of sp³-hybridized carbons (Fsp3) is 0.381. The van der Waals surface area contributed by atoms with Crippen LogP contribution in [0, 0.1) is 19.8 Å². The number of rotatable bonds is 6. The lowest BCUT2D eigenvalue weighted by Gasteiger charge is -2.13. The second-order valence-corrected chi connectivity index (χ2v) is 6.94. The van der Waals surface area contributed by atoms with Crippen LogP contribution in [0.5, 0.6) is 0 Å². The van der Waals surface area contributed by atoms with Crippen LogP contribution in [0.4, 0.5) is 5.82 Å². The number of fused-ring (bicyclic) bond motifs is 1. The van der Waals surface area contributed by atoms with E-state index in [1.807, 2.05) is 12.3 Å². The van der Waals surface area contributed by atoms with E-state index in [1.54, 1.807) is 0 Å². The van der Waals surface area contributed by atoms with Crippen molar-refractivity contribution in [2.45, 2.75) is 47.2 Å². The number of anilines is 1. The number of halogens is 1. The second kappa shape index (κ2) is 8.39. The third kappa shape index (κ3) is 4.16. The van der Waals surface area contributed by atoms with Crippen molar-refractivity contribution >= 4 is 29.1 Å². The molecule has 1 N–H and O–H groups in total. The van der Waals surface area contributed by atoms with E-state index >= 15 is 0 Å². The fourth-order valence-electron chi connectivity index (χ4n) is 3.17. The molecule has 25 heavy (non-hydrogen) atoms. The van der Waals surface area contributed by atoms with E-state index in [0.717, 1.165) is 18.9 Å². The monoisotopic (exact) mass is 357 g/mol. The Bertz CT molecular complexity index is 822. The molecule has 2 heterocycles. The highest BCUT2D eigenvalue weighted by Gasteiger charge is 2.15. The molecule has 1 aromatic carbocycles. The van der Waals surface area contributed by atoms with Gasteiger partial charge in [-0.25, -0.2) is 4.98 Å². The van der Waals surface area contributed by atoms with E-state index in [-0.39, 0.29) is 12.4 Å². The first kappa shape index (κ1) is 19.3. The standard InChI is InChI=1S/C21H27N3.ClH/c1-15(2)11-13-24-17(4)16(3)19-10-12-22-21(20(19)24)23-14-18-8-6-5-7-9-18;/h5-10,12,15H,11,13-14H2,1-4H3,(H,22,23);1H. The van der Waals surface area contributed by atoms with Crippen molar-refractivity contribution in [3.05, 3.63) is 59.4 Å². The molecule has 0 radical (unpaired) electrons. The largest absolute Gasteiger partial charge is 0.364 e. The maximum absolute atomic E-state index is 4.63. The number of nitrogens with zero attached hydrogens (tertiary/aromatic N) is 2. The van der Waals surface area contributed by atoms with Gasteiger partial charge in [0, 0.05) is 30.4 Å². The van der Waals surface area contributed by atoms with Crippen molar-refractivity contribution in [1.82, 2.24) is 9.55 Å². The van der Waals surface area contributed by atoms with E-state index in [9.17, 15) is 0 Å². The number of aromatic nitrogens is 2. The lowest BCUT2D eigenvalue weighted by molar-refractivity contribution is 0.519. The molecular weight excluding hydrogens is 330 g/mol. The first-order valence-electron chi connectivity index (χ1n) is 8.80. The van der Waals surface area contributed by atoms with Crippen LogP contribution in [-0.2, 0) is 13.1 Å². The molecule has 0 spiro atoms. The number of hydrogen-bond donors (Lipinski definition) is 1. The van der Waals surface area contributed by atoms with Gasteiger partial charge in [-0.2, -0.15) is 0 Å². The highest BCUT2D eigenvalue weighted by Crippen LogP contribution is 2.30. The Morgan fingerprint density at radius 3 is 2.48 bits per heavy atom. The zero-order valence-electron chi connectivity index (χ0n) is 15.5. The molecule has 3 aromatic rings. The Morgan fingerprint density at radius 1 is 1.08 bits per heavy atom. The van der Waals surface area contributed by atoms with Crippen molar-refractivity contribution in [3.8, 4) is 0 Å². The molecule has 0 aliphatic rings. The van der Waals surface area contributed by atoms with Crippen LogP contribution in [-0.4, -0.2) is 9.55 Å². The molecule has 0 saturated heterocycles. The molecule has 2 aromatic heterocycles. The van der Waals surface area contributed by atoms with Crippen LogP contribution in [0.15, 0.2) is 42.6 Å². The van der Waals surface area contributed by atoms with E-state index in [4.69, 9.17) is 0 Å². The Morgan fingerprint density at radius 2 is 1.80 bits per heavy atom. The number of nitrogens with one attached hydrogen (secondary N) is 1. The summed E-state index contributed by atoms with van der Waals surface area (Å²) in [6.07, 6.45) is 3.09. The summed E-state index contributed by atoms with van der Waals surface area (Å²) in [5, 5.41) is 4.85. The zero-order chi connectivity index (χ0) is 17.1. The zero-order valence-corrected chi connectivity index (χ0v) is 16.4. The van der Waals surface area contributed by atoms with E-state index in [1.165, 1.54) is 34.1 Å². The predicted octanol–water partition coefficient (Wildman–Crippen LogP) is 5.73. The Hall–Kier alpha value is -2.00. The minimum Gasteiger partial charge on any atom is -0.364 e. The average molecular weight is 358 g/mol. The minimum absolute atomic E-state index is 0. The molecule has 3 rings (SSSR count). The summed E-state index contributed by atoms with van der Waals surface area (Å²) in [6.45, 7) is 10.8. The molecule has 0 aliphatic carbocycles. The van der Waals surface area contributed by atoms with Gasteiger partial charge >= 0.3 is 0 Å². The summed E-state index contributed by atoms with van der Waals surface area (Å²) < 4.78 is 2.44.